The van der Waals surface area contributed by atoms with Gasteiger partial charge < -0.3 is 14.9 Å². The third-order valence-corrected chi connectivity index (χ3v) is 2.75. The summed E-state index contributed by atoms with van der Waals surface area (Å²) in [6.45, 7) is 1.84. The Morgan fingerprint density at radius 3 is 2.65 bits per heavy atom. The van der Waals surface area contributed by atoms with E-state index in [4.69, 9.17) is 14.9 Å². The summed E-state index contributed by atoms with van der Waals surface area (Å²) in [5.41, 5.74) is 0.366. The number of rotatable bonds is 6. The quantitative estimate of drug-likeness (QED) is 0.435. The number of hydrogen-bond acceptors (Lipinski definition) is 4. The largest absolute Gasteiger partial charge is 0.481 e. The molecule has 2 N–H and O–H groups in total. The Morgan fingerprint density at radius 2 is 2.05 bits per heavy atom. The van der Waals surface area contributed by atoms with Crippen molar-refractivity contribution in [2.75, 3.05) is 0 Å². The molecule has 0 aromatic carbocycles. The number of carbonyl (C=O) groups excluding carboxylic acids is 1. The lowest BCUT2D eigenvalue weighted by Gasteiger charge is -2.25. The molecule has 0 amide bonds. The van der Waals surface area contributed by atoms with Crippen molar-refractivity contribution >= 4 is 17.9 Å². The summed E-state index contributed by atoms with van der Waals surface area (Å²) in [5, 5.41) is 17.0. The fraction of sp³-hybridized carbons (Fsp3) is 0.357. The highest BCUT2D eigenvalue weighted by Crippen LogP contribution is 2.23. The number of carboxylic acid groups (broad SMARTS) is 2. The summed E-state index contributed by atoms with van der Waals surface area (Å²) >= 11 is 0. The zero-order chi connectivity index (χ0) is 15.1. The number of esters is 1. The fourth-order valence-corrected chi connectivity index (χ4v) is 1.74. The Hall–Kier alpha value is -2.37. The molecular formula is C14H16O6. The summed E-state index contributed by atoms with van der Waals surface area (Å²) in [6.07, 6.45) is 6.65. The maximum absolute atomic E-state index is 11.7. The Morgan fingerprint density at radius 1 is 1.35 bits per heavy atom. The van der Waals surface area contributed by atoms with E-state index in [1.165, 1.54) is 12.2 Å². The molecule has 1 heterocycles. The van der Waals surface area contributed by atoms with Crippen LogP contribution < -0.4 is 0 Å². The molecule has 0 aliphatic carbocycles. The van der Waals surface area contributed by atoms with Gasteiger partial charge in [-0.1, -0.05) is 25.2 Å². The van der Waals surface area contributed by atoms with E-state index < -0.39 is 24.0 Å². The first-order valence-corrected chi connectivity index (χ1v) is 6.11. The average Bonchev–Trinajstić information content (AvgIpc) is 2.36. The van der Waals surface area contributed by atoms with Gasteiger partial charge in [0.15, 0.2) is 0 Å². The zero-order valence-electron chi connectivity index (χ0n) is 11.0. The third-order valence-electron chi connectivity index (χ3n) is 2.75. The first-order valence-electron chi connectivity index (χ1n) is 6.11. The standard InChI is InChI=1S/C14H16O6/c1-9-8-10(6-7-13(17)18)14(19)20-11(9)4-2-3-5-12(15)16/h2-5,8-9,11H,6-7H2,1H3,(H,15,16)(H,17,18)/b4-2+,5-3+/t9-,11-/m0/s1. The molecule has 0 saturated heterocycles. The van der Waals surface area contributed by atoms with Crippen molar-refractivity contribution in [3.05, 3.63) is 36.0 Å². The van der Waals surface area contributed by atoms with Crippen LogP contribution in [-0.4, -0.2) is 34.2 Å². The zero-order valence-corrected chi connectivity index (χ0v) is 11.0. The number of allylic oxidation sites excluding steroid dienone is 2. The number of carbonyl (C=O) groups is 3. The van der Waals surface area contributed by atoms with Crippen LogP contribution in [0.1, 0.15) is 19.8 Å². The van der Waals surface area contributed by atoms with E-state index in [0.717, 1.165) is 6.08 Å². The number of cyclic esters (lactones) is 1. The molecule has 0 aromatic heterocycles. The highest BCUT2D eigenvalue weighted by molar-refractivity contribution is 5.90. The molecule has 0 bridgehead atoms. The van der Waals surface area contributed by atoms with Crippen LogP contribution in [0, 0.1) is 5.92 Å². The highest BCUT2D eigenvalue weighted by Gasteiger charge is 2.26. The molecule has 2 atom stereocenters. The predicted molar refractivity (Wildman–Crippen MR) is 69.9 cm³/mol. The molecular weight excluding hydrogens is 264 g/mol. The molecule has 0 spiro atoms. The van der Waals surface area contributed by atoms with Crippen LogP contribution in [0.25, 0.3) is 0 Å². The van der Waals surface area contributed by atoms with Crippen molar-refractivity contribution in [1.82, 2.24) is 0 Å². The van der Waals surface area contributed by atoms with Crippen molar-refractivity contribution in [3.63, 3.8) is 0 Å². The van der Waals surface area contributed by atoms with Crippen molar-refractivity contribution < 1.29 is 29.3 Å². The van der Waals surface area contributed by atoms with E-state index in [2.05, 4.69) is 0 Å². The molecule has 6 heteroatoms. The normalized spacial score (nSPS) is 22.9. The molecule has 0 unspecified atom stereocenters. The fourth-order valence-electron chi connectivity index (χ4n) is 1.74. The number of carboxylic acids is 2. The van der Waals surface area contributed by atoms with Gasteiger partial charge in [-0.3, -0.25) is 4.79 Å². The topological polar surface area (TPSA) is 101 Å². The van der Waals surface area contributed by atoms with E-state index in [1.807, 2.05) is 6.92 Å². The second-order valence-corrected chi connectivity index (χ2v) is 4.40. The first kappa shape index (κ1) is 15.7. The molecule has 1 rings (SSSR count). The van der Waals surface area contributed by atoms with Gasteiger partial charge in [-0.2, -0.15) is 0 Å². The summed E-state index contributed by atoms with van der Waals surface area (Å²) in [7, 11) is 0. The van der Waals surface area contributed by atoms with E-state index >= 15 is 0 Å². The Bertz CT molecular complexity index is 486. The summed E-state index contributed by atoms with van der Waals surface area (Å²) in [4.78, 5) is 32.4. The predicted octanol–water partition coefficient (Wildman–Crippen LogP) is 1.54. The molecule has 20 heavy (non-hydrogen) atoms. The van der Waals surface area contributed by atoms with Gasteiger partial charge in [-0.15, -0.1) is 0 Å². The van der Waals surface area contributed by atoms with Gasteiger partial charge in [-0.05, 0) is 12.5 Å². The minimum atomic E-state index is -1.06. The smallest absolute Gasteiger partial charge is 0.334 e. The van der Waals surface area contributed by atoms with Crippen molar-refractivity contribution in [3.8, 4) is 0 Å². The molecule has 0 aromatic rings. The molecule has 0 fully saturated rings. The van der Waals surface area contributed by atoms with Crippen LogP contribution in [0.15, 0.2) is 36.0 Å². The molecule has 6 nitrogen and oxygen atoms in total. The van der Waals surface area contributed by atoms with Crippen molar-refractivity contribution in [2.24, 2.45) is 5.92 Å². The monoisotopic (exact) mass is 280 g/mol. The van der Waals surface area contributed by atoms with Gasteiger partial charge in [0.2, 0.25) is 0 Å². The van der Waals surface area contributed by atoms with Crippen LogP contribution >= 0.6 is 0 Å². The summed E-state index contributed by atoms with van der Waals surface area (Å²) in [6, 6.07) is 0. The SMILES string of the molecule is C[C@H]1C=C(CCC(=O)O)C(=O)O[C@H]1/C=C/C=C/C(=O)O. The van der Waals surface area contributed by atoms with Crippen LogP contribution in [0.5, 0.6) is 0 Å². The molecule has 1 aliphatic rings. The maximum atomic E-state index is 11.7. The van der Waals surface area contributed by atoms with E-state index in [9.17, 15) is 14.4 Å². The van der Waals surface area contributed by atoms with Crippen LogP contribution in [0.4, 0.5) is 0 Å². The molecule has 1 aliphatic heterocycles. The Labute approximate surface area is 116 Å². The van der Waals surface area contributed by atoms with Crippen LogP contribution in [-0.2, 0) is 19.1 Å². The summed E-state index contributed by atoms with van der Waals surface area (Å²) < 4.78 is 5.18. The average molecular weight is 280 g/mol. The maximum Gasteiger partial charge on any atom is 0.334 e. The highest BCUT2D eigenvalue weighted by atomic mass is 16.5. The van der Waals surface area contributed by atoms with Gasteiger partial charge >= 0.3 is 17.9 Å². The molecule has 0 saturated carbocycles. The van der Waals surface area contributed by atoms with Crippen LogP contribution in [0.2, 0.25) is 0 Å². The van der Waals surface area contributed by atoms with Gasteiger partial charge in [0.05, 0.1) is 0 Å². The van der Waals surface area contributed by atoms with E-state index in [1.54, 1.807) is 12.2 Å². The Balaban J connectivity index is 2.65. The van der Waals surface area contributed by atoms with Gasteiger partial charge in [0.25, 0.3) is 0 Å². The number of hydrogen-bond donors (Lipinski definition) is 2. The lowest BCUT2D eigenvalue weighted by Crippen LogP contribution is -2.28. The minimum Gasteiger partial charge on any atom is -0.481 e. The lowest BCUT2D eigenvalue weighted by molar-refractivity contribution is -0.145. The van der Waals surface area contributed by atoms with Gasteiger partial charge in [0, 0.05) is 24.0 Å². The summed E-state index contributed by atoms with van der Waals surface area (Å²) in [5.74, 6) is -2.64. The first-order chi connectivity index (χ1) is 9.40. The number of ether oxygens (including phenoxy) is 1. The van der Waals surface area contributed by atoms with Crippen LogP contribution in [0.3, 0.4) is 0 Å². The Kier molecular flexibility index (Phi) is 5.71. The van der Waals surface area contributed by atoms with E-state index in [-0.39, 0.29) is 18.8 Å². The second-order valence-electron chi connectivity index (χ2n) is 4.40. The molecule has 0 radical (unpaired) electrons. The number of aliphatic carboxylic acids is 2. The van der Waals surface area contributed by atoms with E-state index in [0.29, 0.717) is 5.57 Å². The van der Waals surface area contributed by atoms with Crippen molar-refractivity contribution in [1.29, 1.82) is 0 Å². The van der Waals surface area contributed by atoms with Gasteiger partial charge in [0.1, 0.15) is 6.10 Å². The third kappa shape index (κ3) is 5.09. The second kappa shape index (κ2) is 7.28. The van der Waals surface area contributed by atoms with Gasteiger partial charge in [-0.25, -0.2) is 9.59 Å². The minimum absolute atomic E-state index is 0.0917. The van der Waals surface area contributed by atoms with Crippen molar-refractivity contribution in [2.45, 2.75) is 25.9 Å². The molecule has 108 valence electrons. The lowest BCUT2D eigenvalue weighted by atomic mass is 9.95.